The van der Waals surface area contributed by atoms with Crippen molar-refractivity contribution in [3.8, 4) is 0 Å². The van der Waals surface area contributed by atoms with Crippen LogP contribution in [-0.4, -0.2) is 80.6 Å². The molecule has 0 radical (unpaired) electrons. The van der Waals surface area contributed by atoms with E-state index in [2.05, 4.69) is 86.8 Å². The molecule has 0 heterocycles. The fourth-order valence-electron chi connectivity index (χ4n) is 6.46. The number of hydrogen-bond acceptors (Lipinski definition) is 6. The maximum absolute atomic E-state index is 12.7. The fourth-order valence-corrected chi connectivity index (χ4v) is 6.46. The molecule has 0 saturated heterocycles. The second kappa shape index (κ2) is 41.5. The molecule has 1 N–H and O–H groups in total. The first kappa shape index (κ1) is 55.8. The van der Waals surface area contributed by atoms with Crippen LogP contribution in [0.5, 0.6) is 0 Å². The topological polar surface area (TPSA) is 99.1 Å². The first-order valence-electron chi connectivity index (χ1n) is 23.5. The Kier molecular flexibility index (Phi) is 39.2. The van der Waals surface area contributed by atoms with E-state index in [0.717, 1.165) is 96.3 Å². The first-order valence-corrected chi connectivity index (χ1v) is 23.5. The third-order valence-electron chi connectivity index (χ3n) is 10.1. The Morgan fingerprint density at radius 1 is 0.525 bits per heavy atom. The molecule has 0 aliphatic heterocycles. The van der Waals surface area contributed by atoms with E-state index in [1.165, 1.54) is 51.4 Å². The lowest BCUT2D eigenvalue weighted by molar-refractivity contribution is -0.887. The van der Waals surface area contributed by atoms with Crippen LogP contribution >= 0.6 is 0 Å². The van der Waals surface area contributed by atoms with E-state index in [9.17, 15) is 19.5 Å². The summed E-state index contributed by atoms with van der Waals surface area (Å²) in [6.07, 6.45) is 52.3. The lowest BCUT2D eigenvalue weighted by atomic mass is 10.1. The summed E-state index contributed by atoms with van der Waals surface area (Å²) in [7, 11) is 5.51. The van der Waals surface area contributed by atoms with E-state index in [1.807, 2.05) is 21.1 Å². The van der Waals surface area contributed by atoms with Gasteiger partial charge in [0.05, 0.1) is 34.4 Å². The molecular weight excluding hydrogens is 739 g/mol. The number of esters is 2. The number of rotatable bonds is 41. The van der Waals surface area contributed by atoms with E-state index in [4.69, 9.17) is 14.2 Å². The molecule has 2 unspecified atom stereocenters. The molecule has 338 valence electrons. The highest BCUT2D eigenvalue weighted by Gasteiger charge is 2.31. The quantitative estimate of drug-likeness (QED) is 0.0284. The van der Waals surface area contributed by atoms with Gasteiger partial charge in [0.15, 0.2) is 12.1 Å². The summed E-state index contributed by atoms with van der Waals surface area (Å²) >= 11 is 0. The van der Waals surface area contributed by atoms with Crippen LogP contribution < -0.4 is 0 Å². The monoisotopic (exact) mass is 827 g/mol. The number of ether oxygens (including phenoxy) is 3. The standard InChI is InChI=1S/C51H87NO7/c1-6-8-10-12-14-16-18-20-21-22-23-24-25-26-27-28-30-31-33-35-37-39-41-49(53)58-46-47(45-57-44-43-48(51(55)56)52(3,4)5)59-50(54)42-40-38-36-34-32-29-19-17-15-13-11-9-7-2/h8,10,14,16,20-21,23-24,26-27,29,32,47-48H,6-7,9,11-13,15,17-19,22,25,28,30-31,33-46H2,1-5H3/p+1/b10-8+,16-14+,21-20+,24-23+,27-26+,32-29+. The highest BCUT2D eigenvalue weighted by molar-refractivity contribution is 5.72. The number of aliphatic carboxylic acids is 1. The van der Waals surface area contributed by atoms with Gasteiger partial charge in [0.1, 0.15) is 6.61 Å². The SMILES string of the molecule is CC/C=C/C/C=C/C/C=C/C/C=C/C/C=C/CCCCCCCCC(=O)OCC(COCCC(C(=O)O)[N+](C)(C)C)OC(=O)CCCCC/C=C/CCCCCCCC. The molecule has 0 amide bonds. The summed E-state index contributed by atoms with van der Waals surface area (Å²) in [5, 5.41) is 9.63. The summed E-state index contributed by atoms with van der Waals surface area (Å²) in [4.78, 5) is 37.0. The van der Waals surface area contributed by atoms with Crippen molar-refractivity contribution in [3.63, 3.8) is 0 Å². The predicted octanol–water partition coefficient (Wildman–Crippen LogP) is 13.1. The van der Waals surface area contributed by atoms with Gasteiger partial charge in [-0.2, -0.15) is 0 Å². The van der Waals surface area contributed by atoms with Crippen molar-refractivity contribution in [2.24, 2.45) is 0 Å². The zero-order valence-electron chi connectivity index (χ0n) is 38.4. The van der Waals surface area contributed by atoms with Gasteiger partial charge in [-0.15, -0.1) is 0 Å². The molecule has 0 fully saturated rings. The fraction of sp³-hybridized carbons (Fsp3) is 0.706. The molecule has 0 bridgehead atoms. The van der Waals surface area contributed by atoms with Crippen LogP contribution in [0.4, 0.5) is 0 Å². The highest BCUT2D eigenvalue weighted by atomic mass is 16.6. The third kappa shape index (κ3) is 40.0. The van der Waals surface area contributed by atoms with Crippen molar-refractivity contribution in [3.05, 3.63) is 72.9 Å². The minimum atomic E-state index is -0.882. The van der Waals surface area contributed by atoms with E-state index in [1.54, 1.807) is 0 Å². The first-order chi connectivity index (χ1) is 28.6. The lowest BCUT2D eigenvalue weighted by Crippen LogP contribution is -2.50. The number of allylic oxidation sites excluding steroid dienone is 12. The van der Waals surface area contributed by atoms with E-state index in [-0.39, 0.29) is 36.2 Å². The Labute approximate surface area is 361 Å². The maximum atomic E-state index is 12.7. The molecule has 8 heteroatoms. The van der Waals surface area contributed by atoms with Crippen molar-refractivity contribution in [2.45, 2.75) is 193 Å². The van der Waals surface area contributed by atoms with E-state index >= 15 is 0 Å². The van der Waals surface area contributed by atoms with Crippen molar-refractivity contribution in [1.82, 2.24) is 0 Å². The zero-order valence-corrected chi connectivity index (χ0v) is 38.4. The van der Waals surface area contributed by atoms with Crippen molar-refractivity contribution in [2.75, 3.05) is 41.0 Å². The van der Waals surface area contributed by atoms with Crippen LogP contribution in [0.3, 0.4) is 0 Å². The van der Waals surface area contributed by atoms with Gasteiger partial charge < -0.3 is 23.8 Å². The number of likely N-dealkylation sites (N-methyl/N-ethyl adjacent to an activating group) is 1. The second-order valence-corrected chi connectivity index (χ2v) is 16.6. The zero-order chi connectivity index (χ0) is 43.5. The number of carboxylic acid groups (broad SMARTS) is 1. The number of hydrogen-bond donors (Lipinski definition) is 1. The van der Waals surface area contributed by atoms with Gasteiger partial charge >= 0.3 is 17.9 Å². The van der Waals surface area contributed by atoms with Gasteiger partial charge in [0, 0.05) is 19.3 Å². The second-order valence-electron chi connectivity index (χ2n) is 16.6. The normalized spacial score (nSPS) is 13.6. The average molecular weight is 827 g/mol. The molecule has 2 atom stereocenters. The number of nitrogens with zero attached hydrogens (tertiary/aromatic N) is 1. The Bertz CT molecular complexity index is 1190. The van der Waals surface area contributed by atoms with Crippen LogP contribution in [0.15, 0.2) is 72.9 Å². The molecule has 0 rings (SSSR count). The number of carboxylic acids is 1. The summed E-state index contributed by atoms with van der Waals surface area (Å²) in [5.74, 6) is -1.51. The molecule has 0 aromatic carbocycles. The van der Waals surface area contributed by atoms with Crippen LogP contribution in [0.25, 0.3) is 0 Å². The number of unbranched alkanes of at least 4 members (excludes halogenated alkanes) is 15. The maximum Gasteiger partial charge on any atom is 0.362 e. The Balaban J connectivity index is 4.33. The Morgan fingerprint density at radius 2 is 0.949 bits per heavy atom. The third-order valence-corrected chi connectivity index (χ3v) is 10.1. The number of carbonyl (C=O) groups is 3. The van der Waals surface area contributed by atoms with Gasteiger partial charge in [-0.05, 0) is 83.5 Å². The minimum absolute atomic E-state index is 0.0471. The number of carbonyl (C=O) groups excluding carboxylic acids is 2. The summed E-state index contributed by atoms with van der Waals surface area (Å²) < 4.78 is 17.3. The van der Waals surface area contributed by atoms with Crippen LogP contribution in [0.2, 0.25) is 0 Å². The molecule has 0 aliphatic carbocycles. The van der Waals surface area contributed by atoms with Gasteiger partial charge in [-0.25, -0.2) is 4.79 Å². The predicted molar refractivity (Wildman–Crippen MR) is 247 cm³/mol. The summed E-state index contributed by atoms with van der Waals surface area (Å²) in [6.45, 7) is 4.57. The largest absolute Gasteiger partial charge is 0.477 e. The molecule has 0 aromatic rings. The molecule has 59 heavy (non-hydrogen) atoms. The molecule has 0 spiro atoms. The van der Waals surface area contributed by atoms with Gasteiger partial charge in [-0.1, -0.05) is 151 Å². The van der Waals surface area contributed by atoms with Crippen molar-refractivity contribution >= 4 is 17.9 Å². The van der Waals surface area contributed by atoms with Gasteiger partial charge in [0.25, 0.3) is 0 Å². The van der Waals surface area contributed by atoms with Crippen molar-refractivity contribution < 1.29 is 38.2 Å². The molecule has 0 aromatic heterocycles. The molecule has 0 aliphatic rings. The van der Waals surface area contributed by atoms with Crippen LogP contribution in [0, 0.1) is 0 Å². The minimum Gasteiger partial charge on any atom is -0.477 e. The van der Waals surface area contributed by atoms with E-state index in [0.29, 0.717) is 19.3 Å². The van der Waals surface area contributed by atoms with Gasteiger partial charge in [0.2, 0.25) is 0 Å². The molecule has 8 nitrogen and oxygen atoms in total. The summed E-state index contributed by atoms with van der Waals surface area (Å²) in [6, 6.07) is -0.622. The molecular formula is C51H88NO7+. The van der Waals surface area contributed by atoms with Crippen LogP contribution in [0.1, 0.15) is 181 Å². The van der Waals surface area contributed by atoms with Gasteiger partial charge in [-0.3, -0.25) is 9.59 Å². The van der Waals surface area contributed by atoms with Crippen molar-refractivity contribution in [1.29, 1.82) is 0 Å². The number of quaternary nitrogens is 1. The average Bonchev–Trinajstić information content (AvgIpc) is 3.19. The summed E-state index contributed by atoms with van der Waals surface area (Å²) in [5.41, 5.74) is 0. The Hall–Kier alpha value is -3.23. The molecule has 0 saturated carbocycles. The van der Waals surface area contributed by atoms with Crippen LogP contribution in [-0.2, 0) is 28.6 Å². The highest BCUT2D eigenvalue weighted by Crippen LogP contribution is 2.13. The smallest absolute Gasteiger partial charge is 0.362 e. The lowest BCUT2D eigenvalue weighted by Gasteiger charge is -2.31. The van der Waals surface area contributed by atoms with E-state index < -0.39 is 18.1 Å². The Morgan fingerprint density at radius 3 is 1.44 bits per heavy atom.